The topological polar surface area (TPSA) is 95.6 Å². The number of pyridine rings is 1. The van der Waals surface area contributed by atoms with Crippen LogP contribution in [0.1, 0.15) is 29.2 Å². The monoisotopic (exact) mass is 376 g/mol. The van der Waals surface area contributed by atoms with Crippen LogP contribution in [0.5, 0.6) is 0 Å². The van der Waals surface area contributed by atoms with Gasteiger partial charge in [-0.25, -0.2) is 15.0 Å². The third kappa shape index (κ3) is 3.48. The fourth-order valence-corrected chi connectivity index (χ4v) is 2.75. The first-order valence-electron chi connectivity index (χ1n) is 8.35. The van der Waals surface area contributed by atoms with Crippen LogP contribution in [-0.2, 0) is 4.79 Å². The Morgan fingerprint density at radius 2 is 2.12 bits per heavy atom. The third-order valence-electron chi connectivity index (χ3n) is 4.05. The van der Waals surface area contributed by atoms with Crippen molar-refractivity contribution in [2.24, 2.45) is 0 Å². The van der Waals surface area contributed by atoms with Gasteiger partial charge in [-0.2, -0.15) is 0 Å². The average Bonchev–Trinajstić information content (AvgIpc) is 3.00. The number of fused-ring (bicyclic) bond motifs is 1. The number of rotatable bonds is 5. The number of carbonyl (C=O) groups is 1. The molecule has 0 aliphatic rings. The van der Waals surface area contributed by atoms with Gasteiger partial charge in [0.2, 0.25) is 5.91 Å². The number of hydrogen-bond donors (Lipinski definition) is 3. The summed E-state index contributed by atoms with van der Waals surface area (Å²) in [6.07, 6.45) is 5.12. The highest BCUT2D eigenvalue weighted by atomic mass is 35.5. The summed E-state index contributed by atoms with van der Waals surface area (Å²) in [5.74, 6) is 1.04. The summed E-state index contributed by atoms with van der Waals surface area (Å²) < 4.78 is 0. The Morgan fingerprint density at radius 3 is 2.85 bits per heavy atom. The van der Waals surface area contributed by atoms with E-state index in [2.05, 4.69) is 30.6 Å². The molecular formula is C18H25ClN6O. The lowest BCUT2D eigenvalue weighted by atomic mass is 10.0. The van der Waals surface area contributed by atoms with Gasteiger partial charge in [0.05, 0.1) is 5.02 Å². The molecular weight excluding hydrogens is 352 g/mol. The maximum absolute atomic E-state index is 12.3. The number of anilines is 1. The molecule has 1 amide bonds. The van der Waals surface area contributed by atoms with Crippen molar-refractivity contribution in [3.63, 3.8) is 0 Å². The number of aryl methyl sites for hydroxylation is 1. The van der Waals surface area contributed by atoms with E-state index in [1.165, 1.54) is 0 Å². The SMILES string of the molecule is CCNC(=O)C(C)(C)Nc1nc(-c2c[nH]c3ncc(Cl)cc23)ncc1C.[HH].[HH]. The molecule has 0 bridgehead atoms. The molecule has 0 saturated carbocycles. The van der Waals surface area contributed by atoms with Crippen LogP contribution in [0.2, 0.25) is 5.02 Å². The Hall–Kier alpha value is -2.67. The molecule has 3 rings (SSSR count). The van der Waals surface area contributed by atoms with Gasteiger partial charge in [0, 0.05) is 44.5 Å². The summed E-state index contributed by atoms with van der Waals surface area (Å²) in [5, 5.41) is 7.43. The number of nitrogens with zero attached hydrogens (tertiary/aromatic N) is 3. The Kier molecular flexibility index (Phi) is 4.82. The number of carbonyl (C=O) groups excluding carboxylic acids is 1. The molecule has 0 aliphatic heterocycles. The van der Waals surface area contributed by atoms with E-state index < -0.39 is 5.54 Å². The summed E-state index contributed by atoms with van der Waals surface area (Å²) in [4.78, 5) is 28.7. The number of amides is 1. The largest absolute Gasteiger partial charge is 0.356 e. The van der Waals surface area contributed by atoms with E-state index in [9.17, 15) is 4.79 Å². The molecule has 3 heterocycles. The maximum atomic E-state index is 12.3. The molecule has 3 N–H and O–H groups in total. The molecule has 0 saturated heterocycles. The minimum atomic E-state index is -0.808. The van der Waals surface area contributed by atoms with Gasteiger partial charge in [0.1, 0.15) is 17.0 Å². The fourth-order valence-electron chi connectivity index (χ4n) is 2.60. The van der Waals surface area contributed by atoms with Crippen LogP contribution in [-0.4, -0.2) is 37.9 Å². The van der Waals surface area contributed by atoms with Crippen molar-refractivity contribution in [3.8, 4) is 11.4 Å². The van der Waals surface area contributed by atoms with Gasteiger partial charge in [-0.1, -0.05) is 11.6 Å². The summed E-state index contributed by atoms with van der Waals surface area (Å²) in [7, 11) is 0. The fraction of sp³-hybridized carbons (Fsp3) is 0.333. The highest BCUT2D eigenvalue weighted by Gasteiger charge is 2.28. The number of aromatic amines is 1. The molecule has 140 valence electrons. The Morgan fingerprint density at radius 1 is 1.35 bits per heavy atom. The van der Waals surface area contributed by atoms with E-state index in [-0.39, 0.29) is 8.76 Å². The first-order valence-corrected chi connectivity index (χ1v) is 8.72. The molecule has 8 heteroatoms. The van der Waals surface area contributed by atoms with Gasteiger partial charge in [0.25, 0.3) is 0 Å². The summed E-state index contributed by atoms with van der Waals surface area (Å²) in [5.41, 5.74) is 1.55. The summed E-state index contributed by atoms with van der Waals surface area (Å²) in [6, 6.07) is 1.82. The molecule has 3 aromatic heterocycles. The summed E-state index contributed by atoms with van der Waals surface area (Å²) in [6.45, 7) is 7.98. The zero-order chi connectivity index (χ0) is 18.9. The molecule has 0 unspecified atom stereocenters. The van der Waals surface area contributed by atoms with Gasteiger partial charge in [-0.3, -0.25) is 4.79 Å². The van der Waals surface area contributed by atoms with E-state index in [0.717, 1.165) is 16.5 Å². The minimum absolute atomic E-state index is 0. The second-order valence-corrected chi connectivity index (χ2v) is 7.02. The Labute approximate surface area is 159 Å². The van der Waals surface area contributed by atoms with Crippen LogP contribution < -0.4 is 10.6 Å². The van der Waals surface area contributed by atoms with E-state index in [0.29, 0.717) is 28.9 Å². The van der Waals surface area contributed by atoms with Crippen molar-refractivity contribution in [2.75, 3.05) is 11.9 Å². The van der Waals surface area contributed by atoms with Crippen LogP contribution >= 0.6 is 11.6 Å². The van der Waals surface area contributed by atoms with Gasteiger partial charge >= 0.3 is 0 Å². The second-order valence-electron chi connectivity index (χ2n) is 6.59. The predicted molar refractivity (Wildman–Crippen MR) is 107 cm³/mol. The van der Waals surface area contributed by atoms with Crippen LogP contribution in [0, 0.1) is 6.92 Å². The lowest BCUT2D eigenvalue weighted by Crippen LogP contribution is -2.48. The van der Waals surface area contributed by atoms with Crippen LogP contribution in [0.25, 0.3) is 22.4 Å². The molecule has 0 aliphatic carbocycles. The number of aromatic nitrogens is 4. The van der Waals surface area contributed by atoms with Crippen molar-refractivity contribution in [1.29, 1.82) is 0 Å². The van der Waals surface area contributed by atoms with Crippen LogP contribution in [0.4, 0.5) is 5.82 Å². The molecule has 0 spiro atoms. The molecule has 0 fully saturated rings. The van der Waals surface area contributed by atoms with Gasteiger partial charge in [-0.05, 0) is 33.8 Å². The van der Waals surface area contributed by atoms with E-state index in [4.69, 9.17) is 11.6 Å². The first-order chi connectivity index (χ1) is 12.3. The zero-order valence-corrected chi connectivity index (χ0v) is 15.9. The van der Waals surface area contributed by atoms with E-state index in [1.807, 2.05) is 33.8 Å². The normalized spacial score (nSPS) is 11.6. The lowest BCUT2D eigenvalue weighted by molar-refractivity contribution is -0.124. The second kappa shape index (κ2) is 6.92. The van der Waals surface area contributed by atoms with E-state index in [1.54, 1.807) is 18.6 Å². The Balaban J connectivity index is 0.00000196. The Bertz CT molecular complexity index is 976. The maximum Gasteiger partial charge on any atom is 0.245 e. The number of nitrogens with one attached hydrogen (secondary N) is 3. The van der Waals surface area contributed by atoms with Gasteiger partial charge < -0.3 is 15.6 Å². The lowest BCUT2D eigenvalue weighted by Gasteiger charge is -2.26. The van der Waals surface area contributed by atoms with Crippen molar-refractivity contribution >= 4 is 34.4 Å². The number of hydrogen-bond acceptors (Lipinski definition) is 5. The number of likely N-dealkylation sites (N-methyl/N-ethyl adjacent to an activating group) is 1. The highest BCUT2D eigenvalue weighted by molar-refractivity contribution is 6.31. The minimum Gasteiger partial charge on any atom is -0.356 e. The average molecular weight is 377 g/mol. The van der Waals surface area contributed by atoms with Gasteiger partial charge in [-0.15, -0.1) is 0 Å². The van der Waals surface area contributed by atoms with Crippen LogP contribution in [0.3, 0.4) is 0 Å². The molecule has 0 aromatic carbocycles. The first kappa shape index (κ1) is 18.1. The van der Waals surface area contributed by atoms with Crippen molar-refractivity contribution in [1.82, 2.24) is 25.3 Å². The third-order valence-corrected chi connectivity index (χ3v) is 4.25. The van der Waals surface area contributed by atoms with E-state index >= 15 is 0 Å². The molecule has 7 nitrogen and oxygen atoms in total. The van der Waals surface area contributed by atoms with Crippen molar-refractivity contribution < 1.29 is 7.65 Å². The molecule has 26 heavy (non-hydrogen) atoms. The quantitative estimate of drug-likeness (QED) is 0.629. The summed E-state index contributed by atoms with van der Waals surface area (Å²) >= 11 is 6.07. The zero-order valence-electron chi connectivity index (χ0n) is 15.1. The van der Waals surface area contributed by atoms with Crippen molar-refractivity contribution in [2.45, 2.75) is 33.2 Å². The molecule has 0 atom stereocenters. The molecule has 0 radical (unpaired) electrons. The smallest absolute Gasteiger partial charge is 0.245 e. The standard InChI is InChI=1S/C18H21ClN6O.2H2/c1-5-20-17(26)18(3,4)25-14-10(2)7-21-16(24-14)13-9-23-15-12(13)6-11(19)8-22-15;;/h6-9H,5H2,1-4H3,(H,20,26)(H,22,23)(H,21,24,25);2*1H. The number of halogens is 1. The van der Waals surface area contributed by atoms with Crippen molar-refractivity contribution in [3.05, 3.63) is 35.2 Å². The van der Waals surface area contributed by atoms with Crippen LogP contribution in [0.15, 0.2) is 24.7 Å². The molecule has 3 aromatic rings. The number of H-pyrrole nitrogens is 1. The van der Waals surface area contributed by atoms with Gasteiger partial charge in [0.15, 0.2) is 5.82 Å². The highest BCUT2D eigenvalue weighted by Crippen LogP contribution is 2.28. The predicted octanol–water partition coefficient (Wildman–Crippen LogP) is 3.80.